The maximum Gasteiger partial charge on any atom is 0.261 e. The molecule has 1 saturated heterocycles. The molecule has 2 fully saturated rings. The predicted octanol–water partition coefficient (Wildman–Crippen LogP) is 2.81. The molecule has 6 heteroatoms. The van der Waals surface area contributed by atoms with Crippen molar-refractivity contribution in [1.29, 1.82) is 0 Å². The van der Waals surface area contributed by atoms with Crippen LogP contribution in [0.2, 0.25) is 0 Å². The average Bonchev–Trinajstić information content (AvgIpc) is 3.17. The molecule has 4 rings (SSSR count). The van der Waals surface area contributed by atoms with Gasteiger partial charge in [-0.1, -0.05) is 5.16 Å². The maximum absolute atomic E-state index is 5.84. The van der Waals surface area contributed by atoms with Crippen molar-refractivity contribution in [3.63, 3.8) is 0 Å². The van der Waals surface area contributed by atoms with Crippen molar-refractivity contribution in [2.24, 2.45) is 5.92 Å². The summed E-state index contributed by atoms with van der Waals surface area (Å²) in [7, 11) is 0. The minimum atomic E-state index is 0.402. The number of nitrogens with one attached hydrogen (secondary N) is 1. The van der Waals surface area contributed by atoms with Crippen molar-refractivity contribution in [2.75, 3.05) is 11.9 Å². The minimum Gasteiger partial charge on any atom is -0.378 e. The highest BCUT2D eigenvalue weighted by molar-refractivity contribution is 5.68. The summed E-state index contributed by atoms with van der Waals surface area (Å²) in [5.74, 6) is 2.55. The van der Waals surface area contributed by atoms with Crippen LogP contribution >= 0.6 is 0 Å². The van der Waals surface area contributed by atoms with Crippen LogP contribution in [0.4, 0.5) is 5.82 Å². The third-order valence-electron chi connectivity index (χ3n) is 4.67. The van der Waals surface area contributed by atoms with Gasteiger partial charge in [-0.3, -0.25) is 0 Å². The lowest BCUT2D eigenvalue weighted by molar-refractivity contribution is 0.0619. The van der Waals surface area contributed by atoms with Gasteiger partial charge in [-0.2, -0.15) is 4.98 Å². The molecule has 3 heterocycles. The van der Waals surface area contributed by atoms with Gasteiger partial charge in [-0.05, 0) is 44.7 Å². The molecule has 2 aromatic heterocycles. The molecule has 1 N–H and O–H groups in total. The normalized spacial score (nSPS) is 27.6. The lowest BCUT2D eigenvalue weighted by Crippen LogP contribution is -2.38. The van der Waals surface area contributed by atoms with Crippen molar-refractivity contribution < 1.29 is 9.26 Å². The summed E-state index contributed by atoms with van der Waals surface area (Å²) in [4.78, 5) is 8.81. The number of aromatic nitrogens is 3. The molecule has 0 spiro atoms. The number of pyridine rings is 1. The van der Waals surface area contributed by atoms with Crippen LogP contribution in [0.15, 0.2) is 22.9 Å². The van der Waals surface area contributed by atoms with Crippen LogP contribution in [-0.4, -0.2) is 33.9 Å². The fourth-order valence-electron chi connectivity index (χ4n) is 3.63. The smallest absolute Gasteiger partial charge is 0.261 e. The summed E-state index contributed by atoms with van der Waals surface area (Å²) in [6, 6.07) is 4.26. The van der Waals surface area contributed by atoms with E-state index in [0.29, 0.717) is 29.8 Å². The number of rotatable bonds is 3. The largest absolute Gasteiger partial charge is 0.378 e. The highest BCUT2D eigenvalue weighted by Gasteiger charge is 2.38. The zero-order chi connectivity index (χ0) is 14.9. The van der Waals surface area contributed by atoms with E-state index in [-0.39, 0.29) is 0 Å². The van der Waals surface area contributed by atoms with Gasteiger partial charge in [0.1, 0.15) is 5.82 Å². The van der Waals surface area contributed by atoms with E-state index in [1.54, 1.807) is 6.20 Å². The topological polar surface area (TPSA) is 73.1 Å². The van der Waals surface area contributed by atoms with Gasteiger partial charge in [0.2, 0.25) is 0 Å². The first kappa shape index (κ1) is 13.7. The van der Waals surface area contributed by atoms with E-state index in [9.17, 15) is 0 Å². The van der Waals surface area contributed by atoms with Crippen molar-refractivity contribution in [3.05, 3.63) is 24.2 Å². The second-order valence-corrected chi connectivity index (χ2v) is 6.09. The van der Waals surface area contributed by atoms with Crippen LogP contribution in [0.5, 0.6) is 0 Å². The van der Waals surface area contributed by atoms with Gasteiger partial charge in [0.25, 0.3) is 5.89 Å². The first-order valence-electron chi connectivity index (χ1n) is 7.95. The van der Waals surface area contributed by atoms with Gasteiger partial charge in [-0.25, -0.2) is 4.98 Å². The molecule has 1 saturated carbocycles. The second kappa shape index (κ2) is 5.68. The van der Waals surface area contributed by atoms with Crippen LogP contribution in [0.1, 0.15) is 31.5 Å². The molecule has 0 aromatic carbocycles. The summed E-state index contributed by atoms with van der Waals surface area (Å²) in [6.07, 6.45) is 6.86. The second-order valence-electron chi connectivity index (χ2n) is 6.09. The molecule has 1 aliphatic carbocycles. The minimum absolute atomic E-state index is 0.402. The van der Waals surface area contributed by atoms with Gasteiger partial charge in [0.05, 0.1) is 11.7 Å². The predicted molar refractivity (Wildman–Crippen MR) is 81.4 cm³/mol. The molecule has 22 heavy (non-hydrogen) atoms. The molecule has 0 bridgehead atoms. The Morgan fingerprint density at radius 3 is 3.09 bits per heavy atom. The van der Waals surface area contributed by atoms with Crippen molar-refractivity contribution in [2.45, 2.75) is 44.8 Å². The summed E-state index contributed by atoms with van der Waals surface area (Å²) in [6.45, 7) is 2.70. The Morgan fingerprint density at radius 2 is 2.23 bits per heavy atom. The molecular weight excluding hydrogens is 280 g/mol. The number of fused-ring (bicyclic) bond motifs is 1. The molecule has 2 aliphatic rings. The number of aryl methyl sites for hydroxylation is 1. The SMILES string of the molecule is Cc1noc(-c2cccnc2NC2CCCC3OCCC23)n1. The van der Waals surface area contributed by atoms with Gasteiger partial charge >= 0.3 is 0 Å². The molecule has 3 atom stereocenters. The van der Waals surface area contributed by atoms with Crippen molar-refractivity contribution in [1.82, 2.24) is 15.1 Å². The Kier molecular flexibility index (Phi) is 3.54. The zero-order valence-corrected chi connectivity index (χ0v) is 12.7. The third-order valence-corrected chi connectivity index (χ3v) is 4.67. The standard InChI is InChI=1S/C16H20N4O2/c1-10-18-16(22-20-10)12-4-3-8-17-15(12)19-13-5-2-6-14-11(13)7-9-21-14/h3-4,8,11,13-14H,2,5-7,9H2,1H3,(H,17,19). The number of hydrogen-bond acceptors (Lipinski definition) is 6. The Balaban J connectivity index is 1.60. The molecule has 0 amide bonds. The monoisotopic (exact) mass is 300 g/mol. The van der Waals surface area contributed by atoms with Gasteiger partial charge < -0.3 is 14.6 Å². The third kappa shape index (κ3) is 2.47. The van der Waals surface area contributed by atoms with Crippen LogP contribution in [0, 0.1) is 12.8 Å². The van der Waals surface area contributed by atoms with Gasteiger partial charge in [0, 0.05) is 24.8 Å². The van der Waals surface area contributed by atoms with E-state index in [4.69, 9.17) is 9.26 Å². The van der Waals surface area contributed by atoms with Crippen LogP contribution in [0.3, 0.4) is 0 Å². The Bertz CT molecular complexity index is 657. The molecule has 6 nitrogen and oxygen atoms in total. The molecule has 2 aromatic rings. The number of ether oxygens (including phenoxy) is 1. The lowest BCUT2D eigenvalue weighted by atomic mass is 9.82. The van der Waals surface area contributed by atoms with Crippen LogP contribution < -0.4 is 5.32 Å². The van der Waals surface area contributed by atoms with Crippen LogP contribution in [-0.2, 0) is 4.74 Å². The first-order valence-corrected chi connectivity index (χ1v) is 7.95. The average molecular weight is 300 g/mol. The fraction of sp³-hybridized carbons (Fsp3) is 0.562. The van der Waals surface area contributed by atoms with Gasteiger partial charge in [0.15, 0.2) is 5.82 Å². The molecule has 116 valence electrons. The highest BCUT2D eigenvalue weighted by atomic mass is 16.5. The quantitative estimate of drug-likeness (QED) is 0.939. The Hall–Kier alpha value is -1.95. The summed E-state index contributed by atoms with van der Waals surface area (Å²) >= 11 is 0. The van der Waals surface area contributed by atoms with Crippen molar-refractivity contribution in [3.8, 4) is 11.5 Å². The highest BCUT2D eigenvalue weighted by Crippen LogP contribution is 2.37. The van der Waals surface area contributed by atoms with E-state index in [0.717, 1.165) is 30.8 Å². The summed E-state index contributed by atoms with van der Waals surface area (Å²) < 4.78 is 11.1. The van der Waals surface area contributed by atoms with E-state index in [2.05, 4.69) is 20.4 Å². The van der Waals surface area contributed by atoms with E-state index in [1.165, 1.54) is 12.8 Å². The number of nitrogens with zero attached hydrogens (tertiary/aromatic N) is 3. The van der Waals surface area contributed by atoms with Crippen molar-refractivity contribution >= 4 is 5.82 Å². The summed E-state index contributed by atoms with van der Waals surface area (Å²) in [5, 5.41) is 7.48. The number of hydrogen-bond donors (Lipinski definition) is 1. The molecule has 0 radical (unpaired) electrons. The van der Waals surface area contributed by atoms with E-state index >= 15 is 0 Å². The van der Waals surface area contributed by atoms with E-state index < -0.39 is 0 Å². The Morgan fingerprint density at radius 1 is 1.27 bits per heavy atom. The van der Waals surface area contributed by atoms with Crippen LogP contribution in [0.25, 0.3) is 11.5 Å². The molecule has 3 unspecified atom stereocenters. The van der Waals surface area contributed by atoms with E-state index in [1.807, 2.05) is 19.1 Å². The maximum atomic E-state index is 5.84. The number of anilines is 1. The fourth-order valence-corrected chi connectivity index (χ4v) is 3.63. The lowest BCUT2D eigenvalue weighted by Gasteiger charge is -2.33. The Labute approximate surface area is 129 Å². The summed E-state index contributed by atoms with van der Waals surface area (Å²) in [5.41, 5.74) is 0.865. The van der Waals surface area contributed by atoms with Gasteiger partial charge in [-0.15, -0.1) is 0 Å². The molecule has 1 aliphatic heterocycles. The first-order chi connectivity index (χ1) is 10.8. The zero-order valence-electron chi connectivity index (χ0n) is 12.7. The molecular formula is C16H20N4O2.